The molecule has 1 amide bonds. The Bertz CT molecular complexity index is 1040. The molecule has 0 N–H and O–H groups in total. The van der Waals surface area contributed by atoms with Crippen LogP contribution in [0.3, 0.4) is 0 Å². The van der Waals surface area contributed by atoms with Crippen LogP contribution in [0.2, 0.25) is 0 Å². The Balaban J connectivity index is 2.45. The van der Waals surface area contributed by atoms with Gasteiger partial charge in [0.1, 0.15) is 11.6 Å². The molecule has 6 nitrogen and oxygen atoms in total. The fourth-order valence-electron chi connectivity index (χ4n) is 3.51. The molecule has 33 heavy (non-hydrogen) atoms. The summed E-state index contributed by atoms with van der Waals surface area (Å²) in [6.45, 7) is 11.9. The van der Waals surface area contributed by atoms with Crippen LogP contribution in [-0.2, 0) is 28.0 Å². The van der Waals surface area contributed by atoms with E-state index in [4.69, 9.17) is 4.18 Å². The largest absolute Gasteiger partial charge is 0.382 e. The van der Waals surface area contributed by atoms with Gasteiger partial charge in [0.2, 0.25) is 5.91 Å². The number of benzene rings is 2. The smallest absolute Gasteiger partial charge is 0.306 e. The van der Waals surface area contributed by atoms with Gasteiger partial charge in [-0.2, -0.15) is 8.42 Å². The van der Waals surface area contributed by atoms with E-state index in [1.807, 2.05) is 40.7 Å². The minimum Gasteiger partial charge on any atom is -0.382 e. The average molecular weight is 479 g/mol. The van der Waals surface area contributed by atoms with Crippen LogP contribution in [-0.4, -0.2) is 38.6 Å². The highest BCUT2D eigenvalue weighted by molar-refractivity contribution is 7.86. The quantitative estimate of drug-likeness (QED) is 0.451. The van der Waals surface area contributed by atoms with Gasteiger partial charge in [0, 0.05) is 49.9 Å². The Morgan fingerprint density at radius 2 is 1.61 bits per heavy atom. The fourth-order valence-corrected chi connectivity index (χ4v) is 3.99. The van der Waals surface area contributed by atoms with E-state index in [2.05, 4.69) is 4.90 Å². The standard InChI is InChI=1S/C25H35FN2O4S/c1-7-27(8-2)22-14-11-20(23(15-22)32-33(6,30)31)18-28(24(29)16-25(3,4)5)17-19-9-12-21(26)13-10-19/h9-15H,7-8,16-18H2,1-6H3. The zero-order valence-electron chi connectivity index (χ0n) is 20.4. The Labute approximate surface area is 197 Å². The summed E-state index contributed by atoms with van der Waals surface area (Å²) in [6, 6.07) is 11.4. The van der Waals surface area contributed by atoms with Gasteiger partial charge in [-0.3, -0.25) is 4.79 Å². The van der Waals surface area contributed by atoms with Crippen molar-refractivity contribution in [3.63, 3.8) is 0 Å². The van der Waals surface area contributed by atoms with Crippen LogP contribution in [0.1, 0.15) is 52.2 Å². The number of carbonyl (C=O) groups is 1. The van der Waals surface area contributed by atoms with Gasteiger partial charge < -0.3 is 14.0 Å². The Morgan fingerprint density at radius 3 is 2.12 bits per heavy atom. The molecule has 0 aliphatic heterocycles. The average Bonchev–Trinajstić information content (AvgIpc) is 2.69. The molecular weight excluding hydrogens is 443 g/mol. The molecule has 0 aromatic heterocycles. The van der Waals surface area contributed by atoms with Gasteiger partial charge in [-0.1, -0.05) is 39.0 Å². The number of nitrogens with zero attached hydrogens (tertiary/aromatic N) is 2. The summed E-state index contributed by atoms with van der Waals surface area (Å²) in [5, 5.41) is 0. The molecule has 0 unspecified atom stereocenters. The van der Waals surface area contributed by atoms with Crippen molar-refractivity contribution in [2.75, 3.05) is 24.2 Å². The number of carbonyl (C=O) groups excluding carboxylic acids is 1. The molecule has 0 aliphatic carbocycles. The monoisotopic (exact) mass is 478 g/mol. The third kappa shape index (κ3) is 8.68. The number of hydrogen-bond donors (Lipinski definition) is 0. The number of hydrogen-bond acceptors (Lipinski definition) is 5. The second-order valence-electron chi connectivity index (χ2n) is 9.37. The molecule has 2 aromatic carbocycles. The van der Waals surface area contributed by atoms with Crippen molar-refractivity contribution in [2.45, 2.75) is 54.1 Å². The molecule has 0 radical (unpaired) electrons. The molecule has 2 rings (SSSR count). The molecule has 8 heteroatoms. The summed E-state index contributed by atoms with van der Waals surface area (Å²) in [4.78, 5) is 16.9. The van der Waals surface area contributed by atoms with E-state index in [1.54, 1.807) is 29.2 Å². The van der Waals surface area contributed by atoms with Crippen molar-refractivity contribution in [3.8, 4) is 5.75 Å². The van der Waals surface area contributed by atoms with E-state index in [0.717, 1.165) is 30.6 Å². The SMILES string of the molecule is CCN(CC)c1ccc(CN(Cc2ccc(F)cc2)C(=O)CC(C)(C)C)c(OS(C)(=O)=O)c1. The molecule has 0 atom stereocenters. The Morgan fingerprint density at radius 1 is 1.00 bits per heavy atom. The van der Waals surface area contributed by atoms with Crippen LogP contribution in [0.25, 0.3) is 0 Å². The minimum absolute atomic E-state index is 0.0787. The van der Waals surface area contributed by atoms with Crippen LogP contribution in [0, 0.1) is 11.2 Å². The normalized spacial score (nSPS) is 11.8. The lowest BCUT2D eigenvalue weighted by molar-refractivity contribution is -0.134. The highest BCUT2D eigenvalue weighted by Gasteiger charge is 2.24. The van der Waals surface area contributed by atoms with E-state index >= 15 is 0 Å². The van der Waals surface area contributed by atoms with Crippen LogP contribution in [0.15, 0.2) is 42.5 Å². The van der Waals surface area contributed by atoms with Crippen molar-refractivity contribution >= 4 is 21.7 Å². The topological polar surface area (TPSA) is 66.9 Å². The lowest BCUT2D eigenvalue weighted by Crippen LogP contribution is -2.33. The number of anilines is 1. The van der Waals surface area contributed by atoms with Crippen molar-refractivity contribution in [1.29, 1.82) is 0 Å². The maximum Gasteiger partial charge on any atom is 0.306 e. The van der Waals surface area contributed by atoms with Crippen LogP contribution < -0.4 is 9.08 Å². The van der Waals surface area contributed by atoms with E-state index in [1.165, 1.54) is 12.1 Å². The maximum absolute atomic E-state index is 13.4. The lowest BCUT2D eigenvalue weighted by Gasteiger charge is -2.28. The predicted molar refractivity (Wildman–Crippen MR) is 130 cm³/mol. The molecular formula is C25H35FN2O4S. The molecule has 0 bridgehead atoms. The first kappa shape index (κ1) is 26.6. The zero-order chi connectivity index (χ0) is 24.8. The first-order valence-corrected chi connectivity index (χ1v) is 12.9. The molecule has 0 spiro atoms. The first-order valence-electron chi connectivity index (χ1n) is 11.1. The summed E-state index contributed by atoms with van der Waals surface area (Å²) < 4.78 is 42.6. The van der Waals surface area contributed by atoms with Gasteiger partial charge >= 0.3 is 10.1 Å². The van der Waals surface area contributed by atoms with Crippen molar-refractivity contribution in [2.24, 2.45) is 5.41 Å². The van der Waals surface area contributed by atoms with Gasteiger partial charge in [0.25, 0.3) is 0 Å². The third-order valence-corrected chi connectivity index (χ3v) is 5.58. The summed E-state index contributed by atoms with van der Waals surface area (Å²) in [7, 11) is -3.77. The van der Waals surface area contributed by atoms with E-state index in [9.17, 15) is 17.6 Å². The van der Waals surface area contributed by atoms with Crippen LogP contribution >= 0.6 is 0 Å². The second kappa shape index (κ2) is 11.0. The highest BCUT2D eigenvalue weighted by atomic mass is 32.2. The molecule has 0 aliphatic rings. The van der Waals surface area contributed by atoms with Gasteiger partial charge in [-0.25, -0.2) is 4.39 Å². The molecule has 2 aromatic rings. The summed E-state index contributed by atoms with van der Waals surface area (Å²) in [5.74, 6) is -0.221. The zero-order valence-corrected chi connectivity index (χ0v) is 21.2. The van der Waals surface area contributed by atoms with Crippen molar-refractivity contribution < 1.29 is 21.8 Å². The number of halogens is 1. The van der Waals surface area contributed by atoms with E-state index in [-0.39, 0.29) is 36.0 Å². The Kier molecular flexibility index (Phi) is 8.89. The third-order valence-electron chi connectivity index (χ3n) is 5.10. The lowest BCUT2D eigenvalue weighted by atomic mass is 9.91. The number of amides is 1. The first-order chi connectivity index (χ1) is 15.3. The molecule has 182 valence electrons. The summed E-state index contributed by atoms with van der Waals surface area (Å²) >= 11 is 0. The summed E-state index contributed by atoms with van der Waals surface area (Å²) in [5.41, 5.74) is 1.98. The fraction of sp³-hybridized carbons (Fsp3) is 0.480. The van der Waals surface area contributed by atoms with Crippen LogP contribution in [0.4, 0.5) is 10.1 Å². The molecule has 0 heterocycles. The predicted octanol–water partition coefficient (Wildman–Crippen LogP) is 4.98. The van der Waals surface area contributed by atoms with Gasteiger partial charge in [-0.15, -0.1) is 0 Å². The minimum atomic E-state index is -3.77. The van der Waals surface area contributed by atoms with Crippen molar-refractivity contribution in [3.05, 3.63) is 59.4 Å². The second-order valence-corrected chi connectivity index (χ2v) is 10.9. The highest BCUT2D eigenvalue weighted by Crippen LogP contribution is 2.30. The Hall–Kier alpha value is -2.61. The molecule has 0 fully saturated rings. The molecule has 0 saturated carbocycles. The number of rotatable bonds is 10. The van der Waals surface area contributed by atoms with Gasteiger partial charge in [-0.05, 0) is 43.0 Å². The van der Waals surface area contributed by atoms with Gasteiger partial charge in [0.15, 0.2) is 0 Å². The van der Waals surface area contributed by atoms with Gasteiger partial charge in [0.05, 0.1) is 6.26 Å². The van der Waals surface area contributed by atoms with Crippen LogP contribution in [0.5, 0.6) is 5.75 Å². The maximum atomic E-state index is 13.4. The van der Waals surface area contributed by atoms with E-state index < -0.39 is 10.1 Å². The van der Waals surface area contributed by atoms with Crippen molar-refractivity contribution in [1.82, 2.24) is 4.90 Å². The molecule has 0 saturated heterocycles. The summed E-state index contributed by atoms with van der Waals surface area (Å²) in [6.07, 6.45) is 1.32. The van der Waals surface area contributed by atoms with E-state index in [0.29, 0.717) is 12.0 Å².